The summed E-state index contributed by atoms with van der Waals surface area (Å²) in [6.07, 6.45) is -3.61. The molecule has 1 atom stereocenters. The molecule has 0 amide bonds. The molecule has 0 radical (unpaired) electrons. The van der Waals surface area contributed by atoms with Crippen LogP contribution in [0, 0.1) is 11.2 Å². The van der Waals surface area contributed by atoms with Crippen LogP contribution in [0.1, 0.15) is 24.5 Å². The van der Waals surface area contributed by atoms with Gasteiger partial charge < -0.3 is 5.73 Å². The summed E-state index contributed by atoms with van der Waals surface area (Å²) in [5.74, 6) is -0.851. The molecule has 1 aromatic rings. The maximum absolute atomic E-state index is 13.3. The van der Waals surface area contributed by atoms with Gasteiger partial charge in [0.1, 0.15) is 5.82 Å². The maximum Gasteiger partial charge on any atom is 0.416 e. The Hall–Kier alpha value is -0.850. The van der Waals surface area contributed by atoms with E-state index in [1.54, 1.807) is 0 Å². The zero-order valence-electron chi connectivity index (χ0n) is 11.7. The quantitative estimate of drug-likeness (QED) is 0.862. The van der Waals surface area contributed by atoms with Gasteiger partial charge in [-0.2, -0.15) is 13.2 Å². The number of rotatable bonds is 3. The van der Waals surface area contributed by atoms with Crippen molar-refractivity contribution in [3.8, 4) is 0 Å². The van der Waals surface area contributed by atoms with Crippen molar-refractivity contribution < 1.29 is 17.6 Å². The van der Waals surface area contributed by atoms with E-state index in [0.717, 1.165) is 31.6 Å². The maximum atomic E-state index is 13.3. The average molecular weight is 327 g/mol. The zero-order chi connectivity index (χ0) is 15.0. The molecule has 0 bridgehead atoms. The molecule has 1 unspecified atom stereocenters. The van der Waals surface area contributed by atoms with E-state index in [0.29, 0.717) is 24.7 Å². The first kappa shape index (κ1) is 18.2. The van der Waals surface area contributed by atoms with E-state index >= 15 is 0 Å². The van der Waals surface area contributed by atoms with Crippen molar-refractivity contribution >= 4 is 12.4 Å². The molecule has 1 fully saturated rings. The highest BCUT2D eigenvalue weighted by Gasteiger charge is 2.34. The molecule has 2 rings (SSSR count). The smallest absolute Gasteiger partial charge is 0.330 e. The predicted molar refractivity (Wildman–Crippen MR) is 75.7 cm³/mol. The van der Waals surface area contributed by atoms with Crippen molar-refractivity contribution in [1.29, 1.82) is 0 Å². The minimum Gasteiger partial charge on any atom is -0.330 e. The third kappa shape index (κ3) is 4.56. The molecule has 0 aliphatic carbocycles. The lowest BCUT2D eigenvalue weighted by Gasteiger charge is -2.22. The summed E-state index contributed by atoms with van der Waals surface area (Å²) < 4.78 is 51.2. The summed E-state index contributed by atoms with van der Waals surface area (Å²) >= 11 is 0. The van der Waals surface area contributed by atoms with Gasteiger partial charge in [-0.3, -0.25) is 4.90 Å². The van der Waals surface area contributed by atoms with Crippen LogP contribution in [0.4, 0.5) is 17.6 Å². The Morgan fingerprint density at radius 2 is 1.95 bits per heavy atom. The van der Waals surface area contributed by atoms with E-state index < -0.39 is 17.6 Å². The highest BCUT2D eigenvalue weighted by atomic mass is 35.5. The van der Waals surface area contributed by atoms with Crippen LogP contribution in [0.25, 0.3) is 0 Å². The fourth-order valence-electron chi connectivity index (χ4n) is 2.59. The molecular weight excluding hydrogens is 308 g/mol. The SMILES string of the molecule is CC1(CN)CCN(Cc2cc(F)cc(C(F)(F)F)c2)C1.Cl. The van der Waals surface area contributed by atoms with Crippen molar-refractivity contribution in [2.45, 2.75) is 26.1 Å². The second kappa shape index (κ2) is 6.50. The molecule has 1 aliphatic rings. The van der Waals surface area contributed by atoms with Gasteiger partial charge in [0.2, 0.25) is 0 Å². The first-order valence-electron chi connectivity index (χ1n) is 6.51. The van der Waals surface area contributed by atoms with E-state index in [1.807, 2.05) is 4.90 Å². The van der Waals surface area contributed by atoms with Crippen molar-refractivity contribution in [2.75, 3.05) is 19.6 Å². The third-order valence-corrected chi connectivity index (χ3v) is 3.82. The van der Waals surface area contributed by atoms with Crippen LogP contribution in [0.5, 0.6) is 0 Å². The van der Waals surface area contributed by atoms with Gasteiger partial charge in [0, 0.05) is 13.1 Å². The second-order valence-electron chi connectivity index (χ2n) is 5.82. The Morgan fingerprint density at radius 1 is 1.29 bits per heavy atom. The standard InChI is InChI=1S/C14H18F4N2.ClH/c1-13(8-19)2-3-20(9-13)7-10-4-11(14(16,17)18)6-12(15)5-10;/h4-6H,2-3,7-9,19H2,1H3;1H. The number of alkyl halides is 3. The Balaban J connectivity index is 0.00000220. The fraction of sp³-hybridized carbons (Fsp3) is 0.571. The van der Waals surface area contributed by atoms with Crippen LogP contribution in [-0.4, -0.2) is 24.5 Å². The lowest BCUT2D eigenvalue weighted by molar-refractivity contribution is -0.137. The van der Waals surface area contributed by atoms with Crippen LogP contribution in [0.3, 0.4) is 0 Å². The number of benzene rings is 1. The van der Waals surface area contributed by atoms with Crippen LogP contribution in [0.2, 0.25) is 0 Å². The van der Waals surface area contributed by atoms with Gasteiger partial charge in [0.05, 0.1) is 5.56 Å². The third-order valence-electron chi connectivity index (χ3n) is 3.82. The molecule has 2 nitrogen and oxygen atoms in total. The number of likely N-dealkylation sites (tertiary alicyclic amines) is 1. The summed E-state index contributed by atoms with van der Waals surface area (Å²) in [6, 6.07) is 2.70. The number of hydrogen-bond acceptors (Lipinski definition) is 2. The van der Waals surface area contributed by atoms with Crippen molar-refractivity contribution in [1.82, 2.24) is 4.90 Å². The number of nitrogens with two attached hydrogens (primary N) is 1. The van der Waals surface area contributed by atoms with Gasteiger partial charge in [-0.05, 0) is 48.7 Å². The number of halogens is 5. The van der Waals surface area contributed by atoms with Crippen LogP contribution in [-0.2, 0) is 12.7 Å². The zero-order valence-corrected chi connectivity index (χ0v) is 12.5. The van der Waals surface area contributed by atoms with Gasteiger partial charge in [-0.15, -0.1) is 12.4 Å². The van der Waals surface area contributed by atoms with Crippen LogP contribution < -0.4 is 5.73 Å². The van der Waals surface area contributed by atoms with Crippen molar-refractivity contribution in [2.24, 2.45) is 11.1 Å². The van der Waals surface area contributed by atoms with Gasteiger partial charge >= 0.3 is 6.18 Å². The minimum atomic E-state index is -4.52. The highest BCUT2D eigenvalue weighted by Crippen LogP contribution is 2.32. The molecule has 1 aromatic carbocycles. The molecular formula is C14H19ClF4N2. The largest absolute Gasteiger partial charge is 0.416 e. The van der Waals surface area contributed by atoms with Crippen LogP contribution in [0.15, 0.2) is 18.2 Å². The van der Waals surface area contributed by atoms with Crippen LogP contribution >= 0.6 is 12.4 Å². The minimum absolute atomic E-state index is 0. The molecule has 120 valence electrons. The summed E-state index contributed by atoms with van der Waals surface area (Å²) in [7, 11) is 0. The topological polar surface area (TPSA) is 29.3 Å². The van der Waals surface area contributed by atoms with Gasteiger partial charge in [0.15, 0.2) is 0 Å². The van der Waals surface area contributed by atoms with E-state index in [2.05, 4.69) is 6.92 Å². The lowest BCUT2D eigenvalue weighted by atomic mass is 9.90. The van der Waals surface area contributed by atoms with Crippen molar-refractivity contribution in [3.05, 3.63) is 35.1 Å². The average Bonchev–Trinajstić information content (AvgIpc) is 2.70. The monoisotopic (exact) mass is 326 g/mol. The first-order valence-corrected chi connectivity index (χ1v) is 6.51. The Kier molecular flexibility index (Phi) is 5.63. The molecule has 21 heavy (non-hydrogen) atoms. The fourth-order valence-corrected chi connectivity index (χ4v) is 2.59. The Morgan fingerprint density at radius 3 is 2.48 bits per heavy atom. The first-order chi connectivity index (χ1) is 9.22. The molecule has 0 saturated carbocycles. The van der Waals surface area contributed by atoms with E-state index in [-0.39, 0.29) is 17.8 Å². The second-order valence-corrected chi connectivity index (χ2v) is 5.82. The number of nitrogens with zero attached hydrogens (tertiary/aromatic N) is 1. The molecule has 2 N–H and O–H groups in total. The molecule has 0 spiro atoms. The Bertz CT molecular complexity index is 492. The van der Waals surface area contributed by atoms with E-state index in [1.165, 1.54) is 0 Å². The normalized spacial score (nSPS) is 23.1. The van der Waals surface area contributed by atoms with E-state index in [4.69, 9.17) is 5.73 Å². The summed E-state index contributed by atoms with van der Waals surface area (Å²) in [5, 5.41) is 0. The summed E-state index contributed by atoms with van der Waals surface area (Å²) in [4.78, 5) is 2.02. The molecule has 7 heteroatoms. The van der Waals surface area contributed by atoms with Gasteiger partial charge in [-0.1, -0.05) is 6.92 Å². The molecule has 1 saturated heterocycles. The molecule has 0 aromatic heterocycles. The van der Waals surface area contributed by atoms with Gasteiger partial charge in [0.25, 0.3) is 0 Å². The highest BCUT2D eigenvalue weighted by molar-refractivity contribution is 5.85. The molecule has 1 aliphatic heterocycles. The van der Waals surface area contributed by atoms with Gasteiger partial charge in [-0.25, -0.2) is 4.39 Å². The lowest BCUT2D eigenvalue weighted by Crippen LogP contribution is -2.31. The molecule has 1 heterocycles. The van der Waals surface area contributed by atoms with E-state index in [9.17, 15) is 17.6 Å². The Labute approximate surface area is 127 Å². The summed E-state index contributed by atoms with van der Waals surface area (Å²) in [6.45, 7) is 4.41. The summed E-state index contributed by atoms with van der Waals surface area (Å²) in [5.41, 5.74) is 5.10. The predicted octanol–water partition coefficient (Wildman–Crippen LogP) is 3.44. The number of hydrogen-bond donors (Lipinski definition) is 1. The van der Waals surface area contributed by atoms with Crippen molar-refractivity contribution in [3.63, 3.8) is 0 Å².